The van der Waals surface area contributed by atoms with Crippen LogP contribution in [0.5, 0.6) is 0 Å². The predicted molar refractivity (Wildman–Crippen MR) is 71.0 cm³/mol. The molecule has 0 aliphatic carbocycles. The normalized spacial score (nSPS) is 25.0. The van der Waals surface area contributed by atoms with E-state index < -0.39 is 15.3 Å². The summed E-state index contributed by atoms with van der Waals surface area (Å²) in [5.41, 5.74) is 0.934. The maximum absolute atomic E-state index is 11.6. The number of sulfonamides is 1. The third kappa shape index (κ3) is 3.23. The Kier molecular flexibility index (Phi) is 4.27. The summed E-state index contributed by atoms with van der Waals surface area (Å²) in [6, 6.07) is 7.43. The van der Waals surface area contributed by atoms with E-state index in [0.29, 0.717) is 31.1 Å². The molecule has 6 heteroatoms. The average Bonchev–Trinajstić information content (AvgIpc) is 2.31. The molecule has 0 bridgehead atoms. The minimum absolute atomic E-state index is 0.131. The number of primary sulfonamides is 1. The van der Waals surface area contributed by atoms with E-state index >= 15 is 0 Å². The summed E-state index contributed by atoms with van der Waals surface area (Å²) >= 11 is 6.08. The highest BCUT2D eigenvalue weighted by Gasteiger charge is 2.34. The number of hydrogen-bond donors (Lipinski definition) is 1. The molecule has 1 aromatic rings. The molecular formula is C12H16ClNO3S. The predicted octanol–water partition coefficient (Wildman–Crippen LogP) is 1.58. The Morgan fingerprint density at radius 1 is 1.39 bits per heavy atom. The first kappa shape index (κ1) is 13.8. The van der Waals surface area contributed by atoms with Gasteiger partial charge in [-0.15, -0.1) is 0 Å². The fourth-order valence-corrected chi connectivity index (χ4v) is 3.70. The van der Waals surface area contributed by atoms with Crippen molar-refractivity contribution in [3.8, 4) is 0 Å². The van der Waals surface area contributed by atoms with E-state index in [0.717, 1.165) is 5.56 Å². The molecule has 0 saturated carbocycles. The zero-order chi connectivity index (χ0) is 13.2. The average molecular weight is 290 g/mol. The molecule has 2 atom stereocenters. The molecule has 1 aliphatic heterocycles. The molecule has 0 radical (unpaired) electrons. The second-order valence-corrected chi connectivity index (χ2v) is 6.74. The molecule has 1 fully saturated rings. The maximum atomic E-state index is 11.6. The molecule has 4 nitrogen and oxygen atoms in total. The minimum Gasteiger partial charge on any atom is -0.381 e. The second-order valence-electron chi connectivity index (χ2n) is 4.55. The quantitative estimate of drug-likeness (QED) is 0.918. The number of rotatable bonds is 3. The Morgan fingerprint density at radius 2 is 2.11 bits per heavy atom. The zero-order valence-electron chi connectivity index (χ0n) is 9.88. The largest absolute Gasteiger partial charge is 0.381 e. The molecule has 100 valence electrons. The van der Waals surface area contributed by atoms with E-state index in [1.165, 1.54) is 0 Å². The Morgan fingerprint density at radius 3 is 2.78 bits per heavy atom. The second kappa shape index (κ2) is 5.57. The first-order chi connectivity index (χ1) is 8.48. The van der Waals surface area contributed by atoms with E-state index in [4.69, 9.17) is 21.5 Å². The molecule has 0 amide bonds. The van der Waals surface area contributed by atoms with Crippen LogP contribution in [0.15, 0.2) is 24.3 Å². The van der Waals surface area contributed by atoms with Crippen molar-refractivity contribution in [1.29, 1.82) is 0 Å². The van der Waals surface area contributed by atoms with Crippen LogP contribution in [0.25, 0.3) is 0 Å². The van der Waals surface area contributed by atoms with Gasteiger partial charge in [0.15, 0.2) is 0 Å². The van der Waals surface area contributed by atoms with E-state index in [2.05, 4.69) is 0 Å². The van der Waals surface area contributed by atoms with Gasteiger partial charge in [0.1, 0.15) is 0 Å². The zero-order valence-corrected chi connectivity index (χ0v) is 11.5. The summed E-state index contributed by atoms with van der Waals surface area (Å²) in [5.74, 6) is -0.131. The molecule has 0 spiro atoms. The van der Waals surface area contributed by atoms with Gasteiger partial charge in [-0.1, -0.05) is 29.8 Å². The number of hydrogen-bond acceptors (Lipinski definition) is 3. The van der Waals surface area contributed by atoms with Crippen molar-refractivity contribution < 1.29 is 13.2 Å². The van der Waals surface area contributed by atoms with Gasteiger partial charge in [-0.3, -0.25) is 0 Å². The van der Waals surface area contributed by atoms with Crippen LogP contribution in [-0.2, 0) is 21.2 Å². The van der Waals surface area contributed by atoms with Crippen molar-refractivity contribution in [2.75, 3.05) is 13.2 Å². The van der Waals surface area contributed by atoms with Crippen LogP contribution in [0.3, 0.4) is 0 Å². The van der Waals surface area contributed by atoms with Crippen LogP contribution in [-0.4, -0.2) is 26.9 Å². The molecule has 18 heavy (non-hydrogen) atoms. The third-order valence-corrected chi connectivity index (χ3v) is 5.10. The number of benzene rings is 1. The molecule has 2 N–H and O–H groups in total. The monoisotopic (exact) mass is 289 g/mol. The van der Waals surface area contributed by atoms with Gasteiger partial charge in [0.2, 0.25) is 10.0 Å². The number of nitrogens with two attached hydrogens (primary N) is 1. The molecule has 1 aromatic carbocycles. The Labute approximate surface area is 112 Å². The minimum atomic E-state index is -3.53. The third-order valence-electron chi connectivity index (χ3n) is 3.27. The fraction of sp³-hybridized carbons (Fsp3) is 0.500. The van der Waals surface area contributed by atoms with Crippen LogP contribution < -0.4 is 5.14 Å². The van der Waals surface area contributed by atoms with E-state index in [9.17, 15) is 8.42 Å². The first-order valence-electron chi connectivity index (χ1n) is 5.81. The van der Waals surface area contributed by atoms with E-state index in [1.54, 1.807) is 6.07 Å². The number of halogens is 1. The van der Waals surface area contributed by atoms with E-state index in [1.807, 2.05) is 18.2 Å². The van der Waals surface area contributed by atoms with Crippen LogP contribution >= 0.6 is 11.6 Å². The fourth-order valence-electron chi connectivity index (χ4n) is 2.35. The lowest BCUT2D eigenvalue weighted by molar-refractivity contribution is 0.0572. The summed E-state index contributed by atoms with van der Waals surface area (Å²) in [6.07, 6.45) is 1.02. The Hall–Kier alpha value is -0.620. The van der Waals surface area contributed by atoms with Gasteiger partial charge < -0.3 is 4.74 Å². The molecule has 0 aromatic heterocycles. The van der Waals surface area contributed by atoms with Gasteiger partial charge in [-0.05, 0) is 24.5 Å². The van der Waals surface area contributed by atoms with Gasteiger partial charge in [-0.25, -0.2) is 13.6 Å². The summed E-state index contributed by atoms with van der Waals surface area (Å²) in [6.45, 7) is 0.854. The summed E-state index contributed by atoms with van der Waals surface area (Å²) in [5, 5.41) is 5.39. The van der Waals surface area contributed by atoms with Gasteiger partial charge in [0.05, 0.1) is 11.9 Å². The highest BCUT2D eigenvalue weighted by atomic mass is 35.5. The molecule has 0 unspecified atom stereocenters. The summed E-state index contributed by atoms with van der Waals surface area (Å²) in [7, 11) is -3.53. The highest BCUT2D eigenvalue weighted by molar-refractivity contribution is 7.89. The molecule has 1 heterocycles. The first-order valence-corrected chi connectivity index (χ1v) is 7.80. The molecule has 1 saturated heterocycles. The van der Waals surface area contributed by atoms with Gasteiger partial charge in [0.25, 0.3) is 0 Å². The van der Waals surface area contributed by atoms with Gasteiger partial charge >= 0.3 is 0 Å². The topological polar surface area (TPSA) is 69.4 Å². The Bertz CT molecular complexity index is 518. The SMILES string of the molecule is NS(=O)(=O)[C@H]1CCOC[C@@H]1Cc1ccccc1Cl. The van der Waals surface area contributed by atoms with Crippen LogP contribution in [0.4, 0.5) is 0 Å². The van der Waals surface area contributed by atoms with Crippen molar-refractivity contribution in [3.05, 3.63) is 34.9 Å². The highest BCUT2D eigenvalue weighted by Crippen LogP contribution is 2.27. The van der Waals surface area contributed by atoms with Crippen molar-refractivity contribution in [2.45, 2.75) is 18.1 Å². The van der Waals surface area contributed by atoms with Crippen molar-refractivity contribution in [2.24, 2.45) is 11.1 Å². The summed E-state index contributed by atoms with van der Waals surface area (Å²) < 4.78 is 28.5. The maximum Gasteiger partial charge on any atom is 0.212 e. The lowest BCUT2D eigenvalue weighted by Crippen LogP contribution is -2.42. The summed E-state index contributed by atoms with van der Waals surface area (Å²) in [4.78, 5) is 0. The van der Waals surface area contributed by atoms with Crippen molar-refractivity contribution in [3.63, 3.8) is 0 Å². The van der Waals surface area contributed by atoms with Crippen molar-refractivity contribution in [1.82, 2.24) is 0 Å². The lowest BCUT2D eigenvalue weighted by Gasteiger charge is -2.30. The number of ether oxygens (including phenoxy) is 1. The lowest BCUT2D eigenvalue weighted by atomic mass is 9.93. The Balaban J connectivity index is 2.18. The molecule has 1 aliphatic rings. The molecule has 2 rings (SSSR count). The van der Waals surface area contributed by atoms with Crippen LogP contribution in [0.1, 0.15) is 12.0 Å². The van der Waals surface area contributed by atoms with Gasteiger partial charge in [0, 0.05) is 17.5 Å². The van der Waals surface area contributed by atoms with Crippen LogP contribution in [0.2, 0.25) is 5.02 Å². The smallest absolute Gasteiger partial charge is 0.212 e. The standard InChI is InChI=1S/C12H16ClNO3S/c13-11-4-2-1-3-9(11)7-10-8-17-6-5-12(10)18(14,15)16/h1-4,10,12H,5-8H2,(H2,14,15,16)/t10-,12-/m0/s1. The molecular weight excluding hydrogens is 274 g/mol. The van der Waals surface area contributed by atoms with E-state index in [-0.39, 0.29) is 5.92 Å². The van der Waals surface area contributed by atoms with Gasteiger partial charge in [-0.2, -0.15) is 0 Å². The van der Waals surface area contributed by atoms with Crippen molar-refractivity contribution >= 4 is 21.6 Å². The van der Waals surface area contributed by atoms with Crippen LogP contribution in [0, 0.1) is 5.92 Å².